The number of thiophene rings is 1. The summed E-state index contributed by atoms with van der Waals surface area (Å²) in [5.41, 5.74) is 2.46. The van der Waals surface area contributed by atoms with Crippen molar-refractivity contribution in [2.45, 2.75) is 6.54 Å². The number of halogens is 1. The van der Waals surface area contributed by atoms with E-state index in [1.165, 1.54) is 29.8 Å². The summed E-state index contributed by atoms with van der Waals surface area (Å²) in [4.78, 5) is 33.1. The van der Waals surface area contributed by atoms with Crippen molar-refractivity contribution in [3.63, 3.8) is 0 Å². The summed E-state index contributed by atoms with van der Waals surface area (Å²) in [6, 6.07) is 14.7. The third kappa shape index (κ3) is 5.01. The monoisotopic (exact) mass is 436 g/mol. The van der Waals surface area contributed by atoms with Crippen LogP contribution < -0.4 is 15.4 Å². The number of nitrogens with zero attached hydrogens (tertiary/aromatic N) is 2. The summed E-state index contributed by atoms with van der Waals surface area (Å²) < 4.78 is 18.8. The molecule has 7 nitrogen and oxygen atoms in total. The summed E-state index contributed by atoms with van der Waals surface area (Å²) in [6.45, 7) is -0.104. The number of carbonyl (C=O) groups is 2. The van der Waals surface area contributed by atoms with Gasteiger partial charge in [0.15, 0.2) is 6.61 Å². The number of imide groups is 1. The Morgan fingerprint density at radius 1 is 1.03 bits per heavy atom. The highest BCUT2D eigenvalue weighted by Gasteiger charge is 2.16. The van der Waals surface area contributed by atoms with Crippen LogP contribution in [0.1, 0.15) is 5.56 Å². The Balaban J connectivity index is 1.40. The van der Waals surface area contributed by atoms with Gasteiger partial charge in [-0.05, 0) is 23.3 Å². The van der Waals surface area contributed by atoms with E-state index in [0.29, 0.717) is 16.8 Å². The lowest BCUT2D eigenvalue weighted by atomic mass is 10.1. The number of ether oxygens (including phenoxy) is 1. The Kier molecular flexibility index (Phi) is 6.13. The number of aromatic nitrogens is 2. The van der Waals surface area contributed by atoms with Crippen LogP contribution in [-0.2, 0) is 11.3 Å². The van der Waals surface area contributed by atoms with Crippen LogP contribution >= 0.6 is 11.3 Å². The number of benzene rings is 2. The van der Waals surface area contributed by atoms with Gasteiger partial charge in [0, 0.05) is 17.5 Å². The zero-order valence-corrected chi connectivity index (χ0v) is 17.0. The fourth-order valence-corrected chi connectivity index (χ4v) is 3.82. The second kappa shape index (κ2) is 9.31. The minimum Gasteiger partial charge on any atom is -0.467 e. The van der Waals surface area contributed by atoms with Gasteiger partial charge < -0.3 is 10.1 Å². The van der Waals surface area contributed by atoms with Crippen LogP contribution in [-0.4, -0.2) is 28.5 Å². The molecule has 2 aromatic carbocycles. The molecule has 0 fully saturated rings. The number of carbonyl (C=O) groups excluding carboxylic acids is 2. The maximum Gasteiger partial charge on any atom is 0.321 e. The highest BCUT2D eigenvalue weighted by molar-refractivity contribution is 7.17. The summed E-state index contributed by atoms with van der Waals surface area (Å²) >= 11 is 1.39. The number of fused-ring (bicyclic) bond motifs is 1. The van der Waals surface area contributed by atoms with E-state index in [4.69, 9.17) is 4.74 Å². The molecule has 0 saturated carbocycles. The molecule has 0 aliphatic rings. The van der Waals surface area contributed by atoms with E-state index < -0.39 is 18.5 Å². The number of urea groups is 1. The van der Waals surface area contributed by atoms with Gasteiger partial charge in [0.25, 0.3) is 5.91 Å². The SMILES string of the molecule is O=C(COc1ncnc2scc(-c3ccc(F)cc3)c12)NC(=O)NCc1ccccc1. The topological polar surface area (TPSA) is 93.2 Å². The number of rotatable bonds is 6. The van der Waals surface area contributed by atoms with Gasteiger partial charge in [-0.1, -0.05) is 42.5 Å². The van der Waals surface area contributed by atoms with Crippen LogP contribution in [0.3, 0.4) is 0 Å². The normalized spacial score (nSPS) is 10.6. The van der Waals surface area contributed by atoms with Crippen molar-refractivity contribution in [3.8, 4) is 17.0 Å². The molecule has 0 saturated heterocycles. The fraction of sp³-hybridized carbons (Fsp3) is 0.0909. The maximum absolute atomic E-state index is 13.3. The van der Waals surface area contributed by atoms with Crippen molar-refractivity contribution in [1.82, 2.24) is 20.6 Å². The number of hydrogen-bond acceptors (Lipinski definition) is 6. The van der Waals surface area contributed by atoms with Gasteiger partial charge in [-0.25, -0.2) is 19.2 Å². The molecule has 0 atom stereocenters. The summed E-state index contributed by atoms with van der Waals surface area (Å²) in [5, 5.41) is 7.32. The van der Waals surface area contributed by atoms with E-state index in [-0.39, 0.29) is 11.7 Å². The zero-order valence-electron chi connectivity index (χ0n) is 16.2. The van der Waals surface area contributed by atoms with Crippen molar-refractivity contribution in [1.29, 1.82) is 0 Å². The van der Waals surface area contributed by atoms with E-state index >= 15 is 0 Å². The first-order valence-electron chi connectivity index (χ1n) is 9.32. The minimum absolute atomic E-state index is 0.213. The standard InChI is InChI=1S/C22H17FN4O3S/c23-16-8-6-15(7-9-16)17-12-31-21-19(17)20(25-13-26-21)30-11-18(28)27-22(29)24-10-14-4-2-1-3-5-14/h1-9,12-13H,10-11H2,(H2,24,27,28,29). The van der Waals surface area contributed by atoms with Gasteiger partial charge in [-0.15, -0.1) is 11.3 Å². The predicted molar refractivity (Wildman–Crippen MR) is 115 cm³/mol. The Morgan fingerprint density at radius 3 is 2.58 bits per heavy atom. The van der Waals surface area contributed by atoms with Crippen LogP contribution in [0, 0.1) is 5.82 Å². The molecule has 0 aliphatic heterocycles. The molecule has 4 rings (SSSR count). The maximum atomic E-state index is 13.3. The largest absolute Gasteiger partial charge is 0.467 e. The van der Waals surface area contributed by atoms with Crippen LogP contribution in [0.4, 0.5) is 9.18 Å². The minimum atomic E-state index is -0.618. The summed E-state index contributed by atoms with van der Waals surface area (Å²) in [7, 11) is 0. The molecular formula is C22H17FN4O3S. The molecule has 156 valence electrons. The van der Waals surface area contributed by atoms with Gasteiger partial charge in [-0.2, -0.15) is 0 Å². The van der Waals surface area contributed by atoms with Crippen molar-refractivity contribution in [2.75, 3.05) is 6.61 Å². The Labute approximate surface area is 180 Å². The van der Waals surface area contributed by atoms with Crippen molar-refractivity contribution >= 4 is 33.5 Å². The number of amides is 3. The van der Waals surface area contributed by atoms with E-state index in [2.05, 4.69) is 20.6 Å². The fourth-order valence-electron chi connectivity index (χ4n) is 2.92. The average Bonchev–Trinajstić information content (AvgIpc) is 3.22. The van der Waals surface area contributed by atoms with Crippen LogP contribution in [0.25, 0.3) is 21.3 Å². The third-order valence-electron chi connectivity index (χ3n) is 4.38. The lowest BCUT2D eigenvalue weighted by molar-refractivity contribution is -0.122. The summed E-state index contributed by atoms with van der Waals surface area (Å²) in [6.07, 6.45) is 1.34. The molecule has 2 N–H and O–H groups in total. The smallest absolute Gasteiger partial charge is 0.321 e. The third-order valence-corrected chi connectivity index (χ3v) is 5.27. The molecule has 0 bridgehead atoms. The van der Waals surface area contributed by atoms with E-state index in [1.54, 1.807) is 12.1 Å². The molecule has 3 amide bonds. The highest BCUT2D eigenvalue weighted by atomic mass is 32.1. The van der Waals surface area contributed by atoms with Gasteiger partial charge in [0.05, 0.1) is 5.39 Å². The number of hydrogen-bond donors (Lipinski definition) is 2. The molecule has 0 spiro atoms. The van der Waals surface area contributed by atoms with Gasteiger partial charge in [0.1, 0.15) is 17.0 Å². The first kappa shape index (κ1) is 20.4. The highest BCUT2D eigenvalue weighted by Crippen LogP contribution is 2.37. The second-order valence-corrected chi connectivity index (χ2v) is 7.38. The van der Waals surface area contributed by atoms with Crippen molar-refractivity contribution in [2.24, 2.45) is 0 Å². The average molecular weight is 436 g/mol. The predicted octanol–water partition coefficient (Wildman–Crippen LogP) is 3.90. The van der Waals surface area contributed by atoms with Crippen molar-refractivity contribution < 1.29 is 18.7 Å². The van der Waals surface area contributed by atoms with Crippen LogP contribution in [0.15, 0.2) is 66.3 Å². The lowest BCUT2D eigenvalue weighted by Crippen LogP contribution is -2.41. The first-order valence-corrected chi connectivity index (χ1v) is 10.2. The summed E-state index contributed by atoms with van der Waals surface area (Å²) in [5.74, 6) is -0.737. The molecule has 0 aliphatic carbocycles. The molecular weight excluding hydrogens is 419 g/mol. The van der Waals surface area contributed by atoms with Gasteiger partial charge in [0.2, 0.25) is 5.88 Å². The van der Waals surface area contributed by atoms with E-state index in [0.717, 1.165) is 16.7 Å². The molecule has 2 aromatic heterocycles. The Hall–Kier alpha value is -3.85. The first-order chi connectivity index (χ1) is 15.1. The van der Waals surface area contributed by atoms with E-state index in [1.807, 2.05) is 35.7 Å². The molecule has 9 heteroatoms. The molecule has 0 radical (unpaired) electrons. The molecule has 4 aromatic rings. The van der Waals surface area contributed by atoms with Crippen LogP contribution in [0.5, 0.6) is 5.88 Å². The zero-order chi connectivity index (χ0) is 21.6. The Bertz CT molecular complexity index is 1210. The molecule has 0 unspecified atom stereocenters. The van der Waals surface area contributed by atoms with Crippen molar-refractivity contribution in [3.05, 3.63) is 77.7 Å². The molecule has 2 heterocycles. The Morgan fingerprint density at radius 2 is 1.81 bits per heavy atom. The van der Waals surface area contributed by atoms with Gasteiger partial charge >= 0.3 is 6.03 Å². The van der Waals surface area contributed by atoms with Gasteiger partial charge in [-0.3, -0.25) is 10.1 Å². The van der Waals surface area contributed by atoms with Crippen LogP contribution in [0.2, 0.25) is 0 Å². The quantitative estimate of drug-likeness (QED) is 0.478. The number of nitrogens with one attached hydrogen (secondary N) is 2. The molecule has 31 heavy (non-hydrogen) atoms. The second-order valence-electron chi connectivity index (χ2n) is 6.52. The van der Waals surface area contributed by atoms with E-state index in [9.17, 15) is 14.0 Å². The lowest BCUT2D eigenvalue weighted by Gasteiger charge is -2.09.